The topological polar surface area (TPSA) is 108 Å². The molecule has 0 spiro atoms. The van der Waals surface area contributed by atoms with Crippen LogP contribution >= 0.6 is 11.3 Å². The smallest absolute Gasteiger partial charge is 0.872 e. The monoisotopic (exact) mass is 287 g/mol. The van der Waals surface area contributed by atoms with Crippen LogP contribution in [0.25, 0.3) is 0 Å². The number of hydrogen-bond donors (Lipinski definition) is 1. The molecule has 92 valence electrons. The number of carbonyl (C=O) groups is 1. The van der Waals surface area contributed by atoms with Crippen molar-refractivity contribution in [2.45, 2.75) is 0 Å². The van der Waals surface area contributed by atoms with Gasteiger partial charge in [-0.3, -0.25) is 20.2 Å². The number of aromatic nitrogens is 1. The van der Waals surface area contributed by atoms with Gasteiger partial charge in [0.05, 0.1) is 4.92 Å². The Balaban J connectivity index is 0.00000180. The largest absolute Gasteiger partial charge is 1.00 e. The number of hydrogen-bond acceptors (Lipinski definition) is 6. The first kappa shape index (κ1) is 15.6. The number of amides is 1. The van der Waals surface area contributed by atoms with E-state index in [1.165, 1.54) is 18.2 Å². The van der Waals surface area contributed by atoms with E-state index in [9.17, 15) is 20.0 Å². The van der Waals surface area contributed by atoms with Crippen molar-refractivity contribution in [2.24, 2.45) is 0 Å². The Labute approximate surface area is 133 Å². The standard InChI is InChI=1S/C10H7N3O4S.Na/c14-7-4-2-1-3-6(7)9(15)12-10-11-5-8(18-10)13(16)17;/h1-5,14H,(H,11,12,15);/q;+1/p-1. The maximum Gasteiger partial charge on any atom is 1.00 e. The predicted molar refractivity (Wildman–Crippen MR) is 62.6 cm³/mol. The normalized spacial score (nSPS) is 9.47. The van der Waals surface area contributed by atoms with Crippen LogP contribution in [0, 0.1) is 10.1 Å². The zero-order valence-corrected chi connectivity index (χ0v) is 12.6. The molecule has 2 rings (SSSR count). The van der Waals surface area contributed by atoms with Gasteiger partial charge in [-0.15, -0.1) is 0 Å². The Morgan fingerprint density at radius 3 is 2.63 bits per heavy atom. The average molecular weight is 287 g/mol. The van der Waals surface area contributed by atoms with Crippen molar-refractivity contribution in [3.05, 3.63) is 46.1 Å². The summed E-state index contributed by atoms with van der Waals surface area (Å²) in [4.78, 5) is 25.2. The summed E-state index contributed by atoms with van der Waals surface area (Å²) in [7, 11) is 0. The van der Waals surface area contributed by atoms with Gasteiger partial charge in [0.25, 0.3) is 5.91 Å². The first-order chi connectivity index (χ1) is 8.58. The third-order valence-electron chi connectivity index (χ3n) is 2.03. The van der Waals surface area contributed by atoms with Gasteiger partial charge < -0.3 is 5.11 Å². The van der Waals surface area contributed by atoms with E-state index in [0.29, 0.717) is 0 Å². The Kier molecular flexibility index (Phi) is 5.43. The van der Waals surface area contributed by atoms with E-state index in [1.54, 1.807) is 6.07 Å². The molecule has 0 fully saturated rings. The molecule has 0 saturated carbocycles. The molecule has 0 saturated heterocycles. The molecule has 0 radical (unpaired) electrons. The fraction of sp³-hybridized carbons (Fsp3) is 0. The van der Waals surface area contributed by atoms with Crippen LogP contribution in [0.5, 0.6) is 5.75 Å². The molecule has 1 heterocycles. The molecule has 0 aliphatic carbocycles. The average Bonchev–Trinajstić information content (AvgIpc) is 2.78. The van der Waals surface area contributed by atoms with Crippen LogP contribution in [0.4, 0.5) is 10.1 Å². The maximum atomic E-state index is 11.7. The molecule has 1 aromatic heterocycles. The predicted octanol–water partition coefficient (Wildman–Crippen LogP) is -1.62. The first-order valence-corrected chi connectivity index (χ1v) is 5.57. The van der Waals surface area contributed by atoms with Gasteiger partial charge in [-0.2, -0.15) is 0 Å². The summed E-state index contributed by atoms with van der Waals surface area (Å²) in [6.07, 6.45) is 1.05. The van der Waals surface area contributed by atoms with Crippen molar-refractivity contribution in [1.82, 2.24) is 4.98 Å². The van der Waals surface area contributed by atoms with E-state index in [2.05, 4.69) is 10.3 Å². The molecular formula is C10H6N3NaO4S. The van der Waals surface area contributed by atoms with Crippen molar-refractivity contribution >= 4 is 27.4 Å². The number of para-hydroxylation sites is 1. The van der Waals surface area contributed by atoms with Crippen LogP contribution in [0.3, 0.4) is 0 Å². The Morgan fingerprint density at radius 1 is 1.37 bits per heavy atom. The van der Waals surface area contributed by atoms with Gasteiger partial charge in [0.2, 0.25) is 0 Å². The number of anilines is 1. The molecule has 0 bridgehead atoms. The van der Waals surface area contributed by atoms with Crippen molar-refractivity contribution < 1.29 is 44.4 Å². The van der Waals surface area contributed by atoms with Crippen molar-refractivity contribution in [2.75, 3.05) is 5.32 Å². The minimum atomic E-state index is -0.634. The van der Waals surface area contributed by atoms with Gasteiger partial charge in [0.15, 0.2) is 5.13 Å². The van der Waals surface area contributed by atoms with Crippen LogP contribution in [0.1, 0.15) is 10.4 Å². The van der Waals surface area contributed by atoms with E-state index < -0.39 is 16.6 Å². The van der Waals surface area contributed by atoms with Crippen molar-refractivity contribution in [3.8, 4) is 5.75 Å². The molecule has 0 unspecified atom stereocenters. The minimum absolute atomic E-state index is 0. The summed E-state index contributed by atoms with van der Waals surface area (Å²) in [6.45, 7) is 0. The zero-order chi connectivity index (χ0) is 13.1. The second-order valence-electron chi connectivity index (χ2n) is 3.21. The summed E-state index contributed by atoms with van der Waals surface area (Å²) in [6, 6.07) is 5.72. The third kappa shape index (κ3) is 3.74. The summed E-state index contributed by atoms with van der Waals surface area (Å²) in [5.74, 6) is -1.05. The van der Waals surface area contributed by atoms with Crippen molar-refractivity contribution in [3.63, 3.8) is 0 Å². The van der Waals surface area contributed by atoms with Crippen LogP contribution in [-0.2, 0) is 0 Å². The molecule has 2 aromatic rings. The molecule has 0 atom stereocenters. The van der Waals surface area contributed by atoms with Gasteiger partial charge in [0, 0.05) is 5.56 Å². The van der Waals surface area contributed by atoms with E-state index >= 15 is 0 Å². The molecule has 9 heteroatoms. The summed E-state index contributed by atoms with van der Waals surface area (Å²) < 4.78 is 0. The number of thiazole rings is 1. The summed E-state index contributed by atoms with van der Waals surface area (Å²) in [5, 5.41) is 24.1. The molecule has 19 heavy (non-hydrogen) atoms. The summed E-state index contributed by atoms with van der Waals surface area (Å²) >= 11 is 0.726. The van der Waals surface area contributed by atoms with Gasteiger partial charge in [-0.25, -0.2) is 4.98 Å². The van der Waals surface area contributed by atoms with Crippen LogP contribution in [0.2, 0.25) is 0 Å². The molecule has 1 aromatic carbocycles. The van der Waals surface area contributed by atoms with Gasteiger partial charge in [0.1, 0.15) is 6.20 Å². The van der Waals surface area contributed by atoms with Crippen LogP contribution in [0.15, 0.2) is 30.5 Å². The van der Waals surface area contributed by atoms with E-state index in [-0.39, 0.29) is 45.3 Å². The SMILES string of the molecule is O=C(Nc1ncc([N+](=O)[O-])s1)c1ccccc1[O-].[Na+]. The fourth-order valence-corrected chi connectivity index (χ4v) is 1.85. The minimum Gasteiger partial charge on any atom is -0.872 e. The summed E-state index contributed by atoms with van der Waals surface area (Å²) in [5.41, 5.74) is -0.0321. The number of benzene rings is 1. The van der Waals surface area contributed by atoms with Crippen LogP contribution in [-0.4, -0.2) is 15.8 Å². The second kappa shape index (κ2) is 6.62. The fourth-order valence-electron chi connectivity index (χ4n) is 1.23. The molecular weight excluding hydrogens is 281 g/mol. The Hall–Kier alpha value is -1.48. The third-order valence-corrected chi connectivity index (χ3v) is 2.89. The number of rotatable bonds is 3. The maximum absolute atomic E-state index is 11.7. The Morgan fingerprint density at radius 2 is 2.05 bits per heavy atom. The number of carbonyl (C=O) groups excluding carboxylic acids is 1. The van der Waals surface area contributed by atoms with Crippen molar-refractivity contribution in [1.29, 1.82) is 0 Å². The number of nitro groups is 1. The second-order valence-corrected chi connectivity index (χ2v) is 4.22. The Bertz CT molecular complexity index is 616. The van der Waals surface area contributed by atoms with E-state index in [1.807, 2.05) is 0 Å². The molecule has 0 aliphatic rings. The molecule has 1 N–H and O–H groups in total. The van der Waals surface area contributed by atoms with Crippen LogP contribution < -0.4 is 40.0 Å². The number of nitrogens with zero attached hydrogens (tertiary/aromatic N) is 2. The molecule has 1 amide bonds. The molecule has 0 aliphatic heterocycles. The van der Waals surface area contributed by atoms with Gasteiger partial charge >= 0.3 is 34.6 Å². The quantitative estimate of drug-likeness (QED) is 0.415. The van der Waals surface area contributed by atoms with E-state index in [0.717, 1.165) is 17.5 Å². The first-order valence-electron chi connectivity index (χ1n) is 4.75. The van der Waals surface area contributed by atoms with Gasteiger partial charge in [-0.1, -0.05) is 30.0 Å². The zero-order valence-electron chi connectivity index (χ0n) is 9.82. The van der Waals surface area contributed by atoms with Gasteiger partial charge in [-0.05, 0) is 11.3 Å². The molecule has 7 nitrogen and oxygen atoms in total. The van der Waals surface area contributed by atoms with E-state index in [4.69, 9.17) is 0 Å². The number of nitrogens with one attached hydrogen (secondary N) is 1.